The van der Waals surface area contributed by atoms with Gasteiger partial charge >= 0.3 is 0 Å². The molecule has 3 rings (SSSR count). The number of pyridine rings is 2. The number of aryl methyl sites for hydroxylation is 1. The molecular weight excluding hydrogens is 266 g/mol. The Kier molecular flexibility index (Phi) is 3.23. The number of nitrogens with one attached hydrogen (secondary N) is 2. The molecule has 1 amide bonds. The second kappa shape index (κ2) is 5.20. The molecule has 0 aliphatic rings. The maximum Gasteiger partial charge on any atom is 0.257 e. The van der Waals surface area contributed by atoms with E-state index in [1.807, 2.05) is 31.2 Å². The van der Waals surface area contributed by atoms with Crippen LogP contribution in [0.5, 0.6) is 0 Å². The lowest BCUT2D eigenvalue weighted by atomic mass is 10.1. The number of rotatable bonds is 2. The normalized spacial score (nSPS) is 10.5. The number of amides is 1. The van der Waals surface area contributed by atoms with Crippen LogP contribution in [0.25, 0.3) is 10.9 Å². The van der Waals surface area contributed by atoms with Crippen molar-refractivity contribution >= 4 is 22.5 Å². The van der Waals surface area contributed by atoms with Crippen molar-refractivity contribution in [3.8, 4) is 0 Å². The van der Waals surface area contributed by atoms with Gasteiger partial charge < -0.3 is 10.3 Å². The van der Waals surface area contributed by atoms with E-state index in [0.717, 1.165) is 16.6 Å². The second-order valence-corrected chi connectivity index (χ2v) is 4.73. The third-order valence-corrected chi connectivity index (χ3v) is 3.15. The summed E-state index contributed by atoms with van der Waals surface area (Å²) < 4.78 is 0. The van der Waals surface area contributed by atoms with Crippen molar-refractivity contribution in [1.29, 1.82) is 0 Å². The number of benzene rings is 1. The fraction of sp³-hybridized carbons (Fsp3) is 0.0625. The minimum Gasteiger partial charge on any atom is -0.328 e. The molecule has 5 heteroatoms. The number of hydrogen-bond donors (Lipinski definition) is 2. The predicted octanol–water partition coefficient (Wildman–Crippen LogP) is 2.48. The van der Waals surface area contributed by atoms with Crippen molar-refractivity contribution < 1.29 is 4.79 Å². The molecule has 0 saturated heterocycles. The van der Waals surface area contributed by atoms with Crippen molar-refractivity contribution in [3.05, 3.63) is 70.3 Å². The number of H-pyrrole nitrogens is 1. The summed E-state index contributed by atoms with van der Waals surface area (Å²) in [5, 5.41) is 3.78. The number of aromatic nitrogens is 2. The molecule has 104 valence electrons. The van der Waals surface area contributed by atoms with Gasteiger partial charge in [0.1, 0.15) is 0 Å². The Balaban J connectivity index is 1.98. The van der Waals surface area contributed by atoms with Crippen molar-refractivity contribution in [2.24, 2.45) is 0 Å². The average molecular weight is 279 g/mol. The Morgan fingerprint density at radius 3 is 2.76 bits per heavy atom. The van der Waals surface area contributed by atoms with E-state index in [-0.39, 0.29) is 11.5 Å². The summed E-state index contributed by atoms with van der Waals surface area (Å²) in [6, 6.07) is 12.3. The first-order valence-corrected chi connectivity index (χ1v) is 6.50. The molecule has 3 aromatic rings. The summed E-state index contributed by atoms with van der Waals surface area (Å²) in [5.41, 5.74) is 2.42. The third kappa shape index (κ3) is 2.67. The van der Waals surface area contributed by atoms with Crippen molar-refractivity contribution in [1.82, 2.24) is 9.97 Å². The van der Waals surface area contributed by atoms with Gasteiger partial charge in [-0.2, -0.15) is 0 Å². The van der Waals surface area contributed by atoms with Gasteiger partial charge in [-0.05, 0) is 25.1 Å². The molecule has 0 unspecified atom stereocenters. The van der Waals surface area contributed by atoms with E-state index in [4.69, 9.17) is 0 Å². The zero-order valence-corrected chi connectivity index (χ0v) is 11.4. The van der Waals surface area contributed by atoms with Crippen LogP contribution >= 0.6 is 0 Å². The summed E-state index contributed by atoms with van der Waals surface area (Å²) >= 11 is 0. The van der Waals surface area contributed by atoms with Gasteiger partial charge in [-0.25, -0.2) is 0 Å². The quantitative estimate of drug-likeness (QED) is 0.756. The summed E-state index contributed by atoms with van der Waals surface area (Å²) in [6.45, 7) is 1.90. The highest BCUT2D eigenvalue weighted by Crippen LogP contribution is 2.22. The standard InChI is InChI=1S/C16H13N3O2/c1-10-5-6-11-3-2-4-13(15(11)18-10)19-16(21)12-7-8-14(20)17-9-12/h2-9H,1H3,(H,17,20)(H,19,21). The molecule has 0 aliphatic heterocycles. The summed E-state index contributed by atoms with van der Waals surface area (Å²) in [5.74, 6) is -0.290. The first-order valence-electron chi connectivity index (χ1n) is 6.50. The maximum absolute atomic E-state index is 12.2. The van der Waals surface area contributed by atoms with Gasteiger partial charge in [-0.3, -0.25) is 14.6 Å². The minimum atomic E-state index is -0.290. The number of nitrogens with zero attached hydrogens (tertiary/aromatic N) is 1. The number of carbonyl (C=O) groups is 1. The van der Waals surface area contributed by atoms with Gasteiger partial charge in [-0.1, -0.05) is 18.2 Å². The number of hydrogen-bond acceptors (Lipinski definition) is 3. The monoisotopic (exact) mass is 279 g/mol. The van der Waals surface area contributed by atoms with Crippen LogP contribution in [-0.2, 0) is 0 Å². The fourth-order valence-electron chi connectivity index (χ4n) is 2.09. The number of anilines is 1. The Labute approximate surface area is 120 Å². The van der Waals surface area contributed by atoms with E-state index in [1.165, 1.54) is 18.3 Å². The van der Waals surface area contributed by atoms with Crippen LogP contribution in [0.1, 0.15) is 16.1 Å². The molecule has 2 aromatic heterocycles. The molecule has 2 N–H and O–H groups in total. The molecule has 0 aliphatic carbocycles. The Morgan fingerprint density at radius 2 is 2.00 bits per heavy atom. The van der Waals surface area contributed by atoms with Gasteiger partial charge in [-0.15, -0.1) is 0 Å². The van der Waals surface area contributed by atoms with E-state index in [9.17, 15) is 9.59 Å². The molecule has 0 atom stereocenters. The van der Waals surface area contributed by atoms with Crippen molar-refractivity contribution in [2.75, 3.05) is 5.32 Å². The summed E-state index contributed by atoms with van der Waals surface area (Å²) in [7, 11) is 0. The molecule has 21 heavy (non-hydrogen) atoms. The number of aromatic amines is 1. The maximum atomic E-state index is 12.2. The highest BCUT2D eigenvalue weighted by Gasteiger charge is 2.09. The number of para-hydroxylation sites is 1. The minimum absolute atomic E-state index is 0.242. The highest BCUT2D eigenvalue weighted by atomic mass is 16.1. The molecule has 0 saturated carbocycles. The molecule has 2 heterocycles. The van der Waals surface area contributed by atoms with Crippen LogP contribution in [0.4, 0.5) is 5.69 Å². The lowest BCUT2D eigenvalue weighted by Crippen LogP contribution is -2.15. The van der Waals surface area contributed by atoms with Crippen LogP contribution in [-0.4, -0.2) is 15.9 Å². The molecule has 0 spiro atoms. The van der Waals surface area contributed by atoms with Gasteiger partial charge in [0.15, 0.2) is 0 Å². The first-order chi connectivity index (χ1) is 10.1. The molecule has 5 nitrogen and oxygen atoms in total. The lowest BCUT2D eigenvalue weighted by molar-refractivity contribution is 0.102. The van der Waals surface area contributed by atoms with Crippen molar-refractivity contribution in [2.45, 2.75) is 6.92 Å². The molecule has 0 fully saturated rings. The molecule has 1 aromatic carbocycles. The number of carbonyl (C=O) groups excluding carboxylic acids is 1. The zero-order valence-electron chi connectivity index (χ0n) is 11.4. The summed E-state index contributed by atoms with van der Waals surface area (Å²) in [6.07, 6.45) is 1.39. The average Bonchev–Trinajstić information content (AvgIpc) is 2.48. The van der Waals surface area contributed by atoms with E-state index < -0.39 is 0 Å². The Hall–Kier alpha value is -2.95. The van der Waals surface area contributed by atoms with Gasteiger partial charge in [0.05, 0.1) is 16.8 Å². The molecule has 0 bridgehead atoms. The van der Waals surface area contributed by atoms with Crippen LogP contribution in [0.3, 0.4) is 0 Å². The van der Waals surface area contributed by atoms with Crippen LogP contribution in [0.2, 0.25) is 0 Å². The summed E-state index contributed by atoms with van der Waals surface area (Å²) in [4.78, 5) is 30.2. The van der Waals surface area contributed by atoms with E-state index in [0.29, 0.717) is 11.3 Å². The van der Waals surface area contributed by atoms with Crippen LogP contribution < -0.4 is 10.9 Å². The van der Waals surface area contributed by atoms with Gasteiger partial charge in [0, 0.05) is 23.3 Å². The third-order valence-electron chi connectivity index (χ3n) is 3.15. The zero-order chi connectivity index (χ0) is 14.8. The van der Waals surface area contributed by atoms with E-state index >= 15 is 0 Å². The second-order valence-electron chi connectivity index (χ2n) is 4.73. The Bertz CT molecular complexity index is 864. The fourth-order valence-corrected chi connectivity index (χ4v) is 2.09. The SMILES string of the molecule is Cc1ccc2cccc(NC(=O)c3ccc(=O)[nH]c3)c2n1. The highest BCUT2D eigenvalue weighted by molar-refractivity contribution is 6.08. The van der Waals surface area contributed by atoms with E-state index in [1.54, 1.807) is 6.07 Å². The lowest BCUT2D eigenvalue weighted by Gasteiger charge is -2.08. The smallest absolute Gasteiger partial charge is 0.257 e. The van der Waals surface area contributed by atoms with E-state index in [2.05, 4.69) is 15.3 Å². The largest absolute Gasteiger partial charge is 0.328 e. The number of fused-ring (bicyclic) bond motifs is 1. The predicted molar refractivity (Wildman–Crippen MR) is 81.5 cm³/mol. The van der Waals surface area contributed by atoms with Gasteiger partial charge in [0.2, 0.25) is 5.56 Å². The molecule has 0 radical (unpaired) electrons. The Morgan fingerprint density at radius 1 is 1.14 bits per heavy atom. The van der Waals surface area contributed by atoms with Crippen LogP contribution in [0.15, 0.2) is 53.5 Å². The van der Waals surface area contributed by atoms with Crippen molar-refractivity contribution in [3.63, 3.8) is 0 Å². The van der Waals surface area contributed by atoms with Gasteiger partial charge in [0.25, 0.3) is 5.91 Å². The van der Waals surface area contributed by atoms with Crippen LogP contribution in [0, 0.1) is 6.92 Å². The topological polar surface area (TPSA) is 74.8 Å². The molecular formula is C16H13N3O2. The first kappa shape index (κ1) is 13.1.